The average Bonchev–Trinajstić information content (AvgIpc) is 2.56. The van der Waals surface area contributed by atoms with E-state index >= 15 is 0 Å². The second-order valence-corrected chi connectivity index (χ2v) is 3.36. The molecule has 0 saturated carbocycles. The molecule has 0 bridgehead atoms. The van der Waals surface area contributed by atoms with Crippen LogP contribution in [0.1, 0.15) is 19.9 Å². The maximum atomic E-state index is 4.41. The minimum absolute atomic E-state index is 0.287. The average molecular weight is 191 g/mol. The normalized spacial score (nSPS) is 13.0. The molecule has 0 aliphatic carbocycles. The van der Waals surface area contributed by atoms with E-state index in [1.54, 1.807) is 17.8 Å². The Balaban J connectivity index is 2.87. The van der Waals surface area contributed by atoms with Gasteiger partial charge in [-0.15, -0.1) is 5.10 Å². The molecular weight excluding hydrogens is 178 g/mol. The Hall–Kier alpha value is -1.65. The molecule has 0 unspecified atom stereocenters. The number of nitrogens with zero attached hydrogens (tertiary/aromatic N) is 5. The molecule has 0 aromatic carbocycles. The van der Waals surface area contributed by atoms with Crippen LogP contribution in [-0.4, -0.2) is 26.4 Å². The van der Waals surface area contributed by atoms with E-state index in [9.17, 15) is 0 Å². The van der Waals surface area contributed by atoms with E-state index in [1.807, 2.05) is 16.8 Å². The predicted molar refractivity (Wildman–Crippen MR) is 52.8 cm³/mol. The van der Waals surface area contributed by atoms with Gasteiger partial charge in [-0.25, -0.2) is 4.68 Å². The molecular formula is C9H13N5. The fraction of sp³-hybridized carbons (Fsp3) is 0.444. The van der Waals surface area contributed by atoms with Crippen molar-refractivity contribution in [2.45, 2.75) is 19.9 Å². The summed E-state index contributed by atoms with van der Waals surface area (Å²) in [5.74, 6) is 0. The SMILES string of the molecule is C/N=c1/n(C(C)C)nc2cccnn12. The lowest BCUT2D eigenvalue weighted by Crippen LogP contribution is -2.25. The lowest BCUT2D eigenvalue weighted by atomic mass is 10.4. The van der Waals surface area contributed by atoms with Crippen LogP contribution >= 0.6 is 0 Å². The van der Waals surface area contributed by atoms with E-state index in [1.165, 1.54) is 0 Å². The van der Waals surface area contributed by atoms with Crippen molar-refractivity contribution in [3.8, 4) is 0 Å². The third kappa shape index (κ3) is 1.21. The molecule has 0 radical (unpaired) electrons. The Morgan fingerprint density at radius 2 is 2.21 bits per heavy atom. The van der Waals surface area contributed by atoms with Crippen LogP contribution < -0.4 is 5.62 Å². The number of rotatable bonds is 1. The predicted octanol–water partition coefficient (Wildman–Crippen LogP) is 0.642. The van der Waals surface area contributed by atoms with E-state index < -0.39 is 0 Å². The van der Waals surface area contributed by atoms with Crippen LogP contribution in [0.5, 0.6) is 0 Å². The first-order valence-corrected chi connectivity index (χ1v) is 4.59. The van der Waals surface area contributed by atoms with Crippen molar-refractivity contribution in [3.05, 3.63) is 23.9 Å². The minimum atomic E-state index is 0.287. The molecule has 0 fully saturated rings. The van der Waals surface area contributed by atoms with E-state index in [0.717, 1.165) is 11.3 Å². The van der Waals surface area contributed by atoms with Crippen molar-refractivity contribution >= 4 is 5.65 Å². The van der Waals surface area contributed by atoms with Crippen molar-refractivity contribution < 1.29 is 0 Å². The molecule has 0 saturated heterocycles. The zero-order valence-electron chi connectivity index (χ0n) is 8.55. The van der Waals surface area contributed by atoms with E-state index in [2.05, 4.69) is 29.0 Å². The Morgan fingerprint density at radius 3 is 2.86 bits per heavy atom. The lowest BCUT2D eigenvalue weighted by Gasteiger charge is -2.02. The molecule has 74 valence electrons. The van der Waals surface area contributed by atoms with Crippen LogP contribution in [0.4, 0.5) is 0 Å². The molecule has 0 spiro atoms. The molecule has 0 amide bonds. The first-order valence-electron chi connectivity index (χ1n) is 4.59. The van der Waals surface area contributed by atoms with Crippen LogP contribution in [0, 0.1) is 0 Å². The highest BCUT2D eigenvalue weighted by atomic mass is 15.4. The highest BCUT2D eigenvalue weighted by Crippen LogP contribution is 1.99. The highest BCUT2D eigenvalue weighted by Gasteiger charge is 2.06. The summed E-state index contributed by atoms with van der Waals surface area (Å²) in [5.41, 5.74) is 1.59. The van der Waals surface area contributed by atoms with Crippen LogP contribution in [-0.2, 0) is 0 Å². The maximum Gasteiger partial charge on any atom is 0.244 e. The maximum absolute atomic E-state index is 4.41. The second-order valence-electron chi connectivity index (χ2n) is 3.36. The fourth-order valence-electron chi connectivity index (χ4n) is 1.39. The molecule has 2 aromatic heterocycles. The van der Waals surface area contributed by atoms with Gasteiger partial charge in [0.2, 0.25) is 5.62 Å². The topological polar surface area (TPSA) is 47.5 Å². The summed E-state index contributed by atoms with van der Waals surface area (Å²) in [7, 11) is 1.75. The first kappa shape index (κ1) is 8.93. The number of hydrogen-bond donors (Lipinski definition) is 0. The number of hydrogen-bond acceptors (Lipinski definition) is 3. The van der Waals surface area contributed by atoms with Crippen LogP contribution in [0.3, 0.4) is 0 Å². The largest absolute Gasteiger partial charge is 0.253 e. The van der Waals surface area contributed by atoms with E-state index in [0.29, 0.717) is 0 Å². The van der Waals surface area contributed by atoms with Gasteiger partial charge in [-0.2, -0.15) is 9.61 Å². The molecule has 0 aliphatic rings. The lowest BCUT2D eigenvalue weighted by molar-refractivity contribution is 0.501. The zero-order chi connectivity index (χ0) is 10.1. The van der Waals surface area contributed by atoms with Gasteiger partial charge in [0.1, 0.15) is 0 Å². The quantitative estimate of drug-likeness (QED) is 0.664. The Labute approximate surface area is 81.7 Å². The monoisotopic (exact) mass is 191 g/mol. The van der Waals surface area contributed by atoms with Gasteiger partial charge >= 0.3 is 0 Å². The summed E-state index contributed by atoms with van der Waals surface area (Å²) in [6.07, 6.45) is 1.73. The van der Waals surface area contributed by atoms with Gasteiger partial charge in [0.15, 0.2) is 5.65 Å². The summed E-state index contributed by atoms with van der Waals surface area (Å²) in [5, 5.41) is 8.60. The fourth-order valence-corrected chi connectivity index (χ4v) is 1.39. The zero-order valence-corrected chi connectivity index (χ0v) is 8.55. The second kappa shape index (κ2) is 3.25. The van der Waals surface area contributed by atoms with E-state index in [4.69, 9.17) is 0 Å². The van der Waals surface area contributed by atoms with Crippen molar-refractivity contribution in [2.75, 3.05) is 7.05 Å². The third-order valence-corrected chi connectivity index (χ3v) is 2.02. The van der Waals surface area contributed by atoms with Crippen molar-refractivity contribution in [1.29, 1.82) is 0 Å². The van der Waals surface area contributed by atoms with Crippen molar-refractivity contribution in [2.24, 2.45) is 4.99 Å². The van der Waals surface area contributed by atoms with Gasteiger partial charge in [-0.3, -0.25) is 4.99 Å². The van der Waals surface area contributed by atoms with E-state index in [-0.39, 0.29) is 6.04 Å². The summed E-state index contributed by atoms with van der Waals surface area (Å²) in [6.45, 7) is 4.14. The van der Waals surface area contributed by atoms with Gasteiger partial charge in [-0.1, -0.05) is 0 Å². The molecule has 2 heterocycles. The molecule has 5 nitrogen and oxygen atoms in total. The van der Waals surface area contributed by atoms with Crippen LogP contribution in [0.15, 0.2) is 23.3 Å². The minimum Gasteiger partial charge on any atom is -0.253 e. The molecule has 2 aromatic rings. The standard InChI is InChI=1S/C9H13N5/c1-7(2)13-9(10-3)14-8(12-13)5-4-6-11-14/h4-7H,1-3H3/b10-9-. The van der Waals surface area contributed by atoms with Crippen molar-refractivity contribution in [3.63, 3.8) is 0 Å². The van der Waals surface area contributed by atoms with Crippen LogP contribution in [0.2, 0.25) is 0 Å². The van der Waals surface area contributed by atoms with Crippen molar-refractivity contribution in [1.82, 2.24) is 19.4 Å². The molecule has 2 rings (SSSR count). The Kier molecular flexibility index (Phi) is 2.07. The van der Waals surface area contributed by atoms with Crippen LogP contribution in [0.25, 0.3) is 5.65 Å². The molecule has 0 aliphatic heterocycles. The Bertz CT molecular complexity index is 505. The molecule has 5 heteroatoms. The van der Waals surface area contributed by atoms with Gasteiger partial charge < -0.3 is 0 Å². The molecule has 0 N–H and O–H groups in total. The molecule has 0 atom stereocenters. The summed E-state index contributed by atoms with van der Waals surface area (Å²) in [4.78, 5) is 4.18. The van der Waals surface area contributed by atoms with Gasteiger partial charge in [0, 0.05) is 13.2 Å². The summed E-state index contributed by atoms with van der Waals surface area (Å²) >= 11 is 0. The number of aromatic nitrogens is 4. The Morgan fingerprint density at radius 1 is 1.43 bits per heavy atom. The molecule has 14 heavy (non-hydrogen) atoms. The summed E-state index contributed by atoms with van der Waals surface area (Å²) < 4.78 is 3.60. The number of fused-ring (bicyclic) bond motifs is 1. The van der Waals surface area contributed by atoms with Gasteiger partial charge in [0.25, 0.3) is 0 Å². The highest BCUT2D eigenvalue weighted by molar-refractivity contribution is 5.33. The third-order valence-electron chi connectivity index (χ3n) is 2.02. The summed E-state index contributed by atoms with van der Waals surface area (Å²) in [6, 6.07) is 4.07. The smallest absolute Gasteiger partial charge is 0.244 e. The first-order chi connectivity index (χ1) is 6.74. The van der Waals surface area contributed by atoms with Gasteiger partial charge in [-0.05, 0) is 26.0 Å². The van der Waals surface area contributed by atoms with Gasteiger partial charge in [0.05, 0.1) is 6.04 Å².